The van der Waals surface area contributed by atoms with E-state index in [9.17, 15) is 10.1 Å². The Hall–Kier alpha value is -3.15. The molecule has 0 bridgehead atoms. The van der Waals surface area contributed by atoms with Crippen molar-refractivity contribution >= 4 is 28.5 Å². The molecule has 0 aliphatic carbocycles. The van der Waals surface area contributed by atoms with E-state index in [4.69, 9.17) is 0 Å². The molecular weight excluding hydrogens is 292 g/mol. The van der Waals surface area contributed by atoms with Gasteiger partial charge in [0.1, 0.15) is 0 Å². The summed E-state index contributed by atoms with van der Waals surface area (Å²) in [7, 11) is 0. The van der Waals surface area contributed by atoms with Gasteiger partial charge in [0.2, 0.25) is 0 Å². The average molecular weight is 308 g/mol. The number of anilines is 1. The monoisotopic (exact) mass is 308 g/mol. The van der Waals surface area contributed by atoms with Gasteiger partial charge in [0.15, 0.2) is 0 Å². The molecule has 0 radical (unpaired) electrons. The number of aromatic nitrogens is 1. The molecule has 0 amide bonds. The lowest BCUT2D eigenvalue weighted by atomic mass is 10.1. The lowest BCUT2D eigenvalue weighted by Crippen LogP contribution is -1.92. The number of hydrogen-bond acceptors (Lipinski definition) is 4. The Morgan fingerprint density at radius 1 is 1.30 bits per heavy atom. The zero-order valence-corrected chi connectivity index (χ0v) is 12.6. The van der Waals surface area contributed by atoms with Gasteiger partial charge in [0, 0.05) is 34.8 Å². The normalized spacial score (nSPS) is 11.2. The van der Waals surface area contributed by atoms with Crippen LogP contribution in [0.25, 0.3) is 10.9 Å². The Morgan fingerprint density at radius 2 is 2.13 bits per heavy atom. The number of aryl methyl sites for hydroxylation is 1. The standard InChI is InChI=1S/C17H16N4O2/c1-2-12-5-3-8-16-13(10-18-17(12)16)11-19-20-14-6-4-7-15(9-14)21(22)23/h3-11,18,20H,2H2,1H3/b19-11+. The van der Waals surface area contributed by atoms with Gasteiger partial charge in [-0.05, 0) is 18.1 Å². The zero-order chi connectivity index (χ0) is 16.2. The van der Waals surface area contributed by atoms with Crippen LogP contribution in [0.1, 0.15) is 18.1 Å². The van der Waals surface area contributed by atoms with Gasteiger partial charge in [-0.2, -0.15) is 5.10 Å². The van der Waals surface area contributed by atoms with Crippen molar-refractivity contribution in [2.45, 2.75) is 13.3 Å². The second-order valence-corrected chi connectivity index (χ2v) is 5.11. The fourth-order valence-electron chi connectivity index (χ4n) is 2.51. The van der Waals surface area contributed by atoms with Gasteiger partial charge >= 0.3 is 0 Å². The van der Waals surface area contributed by atoms with Crippen molar-refractivity contribution in [3.05, 3.63) is 69.9 Å². The molecule has 6 nitrogen and oxygen atoms in total. The summed E-state index contributed by atoms with van der Waals surface area (Å²) < 4.78 is 0. The molecule has 6 heteroatoms. The fourth-order valence-corrected chi connectivity index (χ4v) is 2.51. The van der Waals surface area contributed by atoms with Gasteiger partial charge < -0.3 is 4.98 Å². The highest BCUT2D eigenvalue weighted by atomic mass is 16.6. The molecule has 3 rings (SSSR count). The van der Waals surface area contributed by atoms with E-state index in [0.29, 0.717) is 5.69 Å². The minimum atomic E-state index is -0.430. The van der Waals surface area contributed by atoms with Crippen molar-refractivity contribution in [3.8, 4) is 0 Å². The van der Waals surface area contributed by atoms with Crippen molar-refractivity contribution in [1.29, 1.82) is 0 Å². The van der Waals surface area contributed by atoms with Crippen LogP contribution in [0, 0.1) is 10.1 Å². The number of H-pyrrole nitrogens is 1. The van der Waals surface area contributed by atoms with E-state index in [0.717, 1.165) is 22.9 Å². The van der Waals surface area contributed by atoms with E-state index in [1.54, 1.807) is 18.3 Å². The van der Waals surface area contributed by atoms with Gasteiger partial charge in [-0.1, -0.05) is 31.2 Å². The van der Waals surface area contributed by atoms with Crippen molar-refractivity contribution < 1.29 is 4.92 Å². The van der Waals surface area contributed by atoms with Gasteiger partial charge in [-0.3, -0.25) is 15.5 Å². The molecule has 0 fully saturated rings. The Labute approximate surface area is 133 Å². The summed E-state index contributed by atoms with van der Waals surface area (Å²) in [5, 5.41) is 16.0. The molecule has 116 valence electrons. The van der Waals surface area contributed by atoms with Crippen molar-refractivity contribution in [2.75, 3.05) is 5.43 Å². The van der Waals surface area contributed by atoms with E-state index in [-0.39, 0.29) is 5.69 Å². The molecular formula is C17H16N4O2. The van der Waals surface area contributed by atoms with Gasteiger partial charge in [-0.15, -0.1) is 0 Å². The Bertz CT molecular complexity index is 883. The third-order valence-corrected chi connectivity index (χ3v) is 3.67. The van der Waals surface area contributed by atoms with E-state index < -0.39 is 4.92 Å². The molecule has 0 unspecified atom stereocenters. The highest BCUT2D eigenvalue weighted by molar-refractivity contribution is 6.00. The summed E-state index contributed by atoms with van der Waals surface area (Å²) in [6.45, 7) is 2.12. The minimum absolute atomic E-state index is 0.0323. The van der Waals surface area contributed by atoms with Gasteiger partial charge in [0.25, 0.3) is 5.69 Å². The molecule has 23 heavy (non-hydrogen) atoms. The summed E-state index contributed by atoms with van der Waals surface area (Å²) in [5.74, 6) is 0. The smallest absolute Gasteiger partial charge is 0.271 e. The third kappa shape index (κ3) is 3.06. The van der Waals surface area contributed by atoms with Crippen molar-refractivity contribution in [1.82, 2.24) is 4.98 Å². The quantitative estimate of drug-likeness (QED) is 0.423. The summed E-state index contributed by atoms with van der Waals surface area (Å²) >= 11 is 0. The number of hydrogen-bond donors (Lipinski definition) is 2. The SMILES string of the molecule is CCc1cccc2c(/C=N/Nc3cccc([N+](=O)[O-])c3)c[nH]c12. The first-order valence-corrected chi connectivity index (χ1v) is 7.31. The van der Waals surface area contributed by atoms with Crippen LogP contribution in [-0.4, -0.2) is 16.1 Å². The van der Waals surface area contributed by atoms with Gasteiger partial charge in [-0.25, -0.2) is 0 Å². The molecule has 2 N–H and O–H groups in total. The van der Waals surface area contributed by atoms with E-state index in [1.165, 1.54) is 17.7 Å². The Balaban J connectivity index is 1.81. The number of non-ortho nitro benzene ring substituents is 1. The maximum Gasteiger partial charge on any atom is 0.271 e. The number of nitrogens with one attached hydrogen (secondary N) is 2. The molecule has 0 saturated heterocycles. The maximum absolute atomic E-state index is 10.8. The van der Waals surface area contributed by atoms with Crippen LogP contribution in [-0.2, 0) is 6.42 Å². The van der Waals surface area contributed by atoms with E-state index in [1.807, 2.05) is 18.3 Å². The number of hydrazone groups is 1. The largest absolute Gasteiger partial charge is 0.360 e. The molecule has 0 aliphatic heterocycles. The number of nitro groups is 1. The predicted octanol–water partition coefficient (Wildman–Crippen LogP) is 4.08. The number of rotatable bonds is 5. The first-order valence-electron chi connectivity index (χ1n) is 7.31. The third-order valence-electron chi connectivity index (χ3n) is 3.67. The van der Waals surface area contributed by atoms with Crippen LogP contribution >= 0.6 is 0 Å². The number of nitro benzene ring substituents is 1. The molecule has 0 atom stereocenters. The highest BCUT2D eigenvalue weighted by Crippen LogP contribution is 2.21. The average Bonchev–Trinajstić information content (AvgIpc) is 2.98. The number of para-hydroxylation sites is 1. The second kappa shape index (κ2) is 6.31. The molecule has 1 aromatic heterocycles. The van der Waals surface area contributed by atoms with Crippen LogP contribution in [0.15, 0.2) is 53.8 Å². The van der Waals surface area contributed by atoms with Gasteiger partial charge in [0.05, 0.1) is 16.8 Å². The lowest BCUT2D eigenvalue weighted by molar-refractivity contribution is -0.384. The van der Waals surface area contributed by atoms with Crippen LogP contribution < -0.4 is 5.43 Å². The summed E-state index contributed by atoms with van der Waals surface area (Å²) in [6, 6.07) is 12.4. The molecule has 1 heterocycles. The lowest BCUT2D eigenvalue weighted by Gasteiger charge is -2.00. The number of fused-ring (bicyclic) bond motifs is 1. The Morgan fingerprint density at radius 3 is 2.91 bits per heavy atom. The maximum atomic E-state index is 10.8. The molecule has 0 spiro atoms. The summed E-state index contributed by atoms with van der Waals surface area (Å²) in [4.78, 5) is 13.6. The van der Waals surface area contributed by atoms with Crippen molar-refractivity contribution in [2.24, 2.45) is 5.10 Å². The van der Waals surface area contributed by atoms with E-state index in [2.05, 4.69) is 28.5 Å². The van der Waals surface area contributed by atoms with E-state index >= 15 is 0 Å². The molecule has 3 aromatic rings. The topological polar surface area (TPSA) is 83.3 Å². The van der Waals surface area contributed by atoms with Crippen molar-refractivity contribution in [3.63, 3.8) is 0 Å². The highest BCUT2D eigenvalue weighted by Gasteiger charge is 2.06. The number of nitrogens with zero attached hydrogens (tertiary/aromatic N) is 2. The van der Waals surface area contributed by atoms with Crippen LogP contribution in [0.3, 0.4) is 0 Å². The first kappa shape index (κ1) is 14.8. The zero-order valence-electron chi connectivity index (χ0n) is 12.6. The number of aromatic amines is 1. The summed E-state index contributed by atoms with van der Waals surface area (Å²) in [5.41, 5.74) is 6.77. The Kier molecular flexibility index (Phi) is 4.05. The second-order valence-electron chi connectivity index (χ2n) is 5.11. The van der Waals surface area contributed by atoms with Crippen LogP contribution in [0.5, 0.6) is 0 Å². The first-order chi connectivity index (χ1) is 11.2. The van der Waals surface area contributed by atoms with Crippen LogP contribution in [0.2, 0.25) is 0 Å². The molecule has 0 aliphatic rings. The molecule has 0 saturated carbocycles. The van der Waals surface area contributed by atoms with Crippen LogP contribution in [0.4, 0.5) is 11.4 Å². The minimum Gasteiger partial charge on any atom is -0.360 e. The summed E-state index contributed by atoms with van der Waals surface area (Å²) in [6.07, 6.45) is 4.57. The molecule has 2 aromatic carbocycles. The fraction of sp³-hybridized carbons (Fsp3) is 0.118. The predicted molar refractivity (Wildman–Crippen MR) is 92.0 cm³/mol. The number of benzene rings is 2.